The third kappa shape index (κ3) is 3.19. The molecule has 1 aromatic carbocycles. The van der Waals surface area contributed by atoms with Crippen molar-refractivity contribution in [2.24, 2.45) is 0 Å². The zero-order valence-electron chi connectivity index (χ0n) is 14.7. The molecule has 0 aliphatic carbocycles. The zero-order valence-corrected chi connectivity index (χ0v) is 14.7. The van der Waals surface area contributed by atoms with Crippen LogP contribution >= 0.6 is 0 Å². The molecule has 26 heavy (non-hydrogen) atoms. The summed E-state index contributed by atoms with van der Waals surface area (Å²) >= 11 is 0. The molecule has 0 radical (unpaired) electrons. The van der Waals surface area contributed by atoms with Crippen LogP contribution in [-0.4, -0.2) is 31.9 Å². The maximum absolute atomic E-state index is 13.9. The Morgan fingerprint density at radius 3 is 2.96 bits per heavy atom. The van der Waals surface area contributed by atoms with Gasteiger partial charge >= 0.3 is 0 Å². The van der Waals surface area contributed by atoms with Crippen molar-refractivity contribution in [3.8, 4) is 0 Å². The smallest absolute Gasteiger partial charge is 0.227 e. The first-order valence-electron chi connectivity index (χ1n) is 8.97. The summed E-state index contributed by atoms with van der Waals surface area (Å²) in [6.07, 6.45) is 4.86. The molecule has 6 heteroatoms. The van der Waals surface area contributed by atoms with Crippen LogP contribution in [0.2, 0.25) is 0 Å². The fourth-order valence-electron chi connectivity index (χ4n) is 3.64. The van der Waals surface area contributed by atoms with Gasteiger partial charge in [-0.15, -0.1) is 0 Å². The lowest BCUT2D eigenvalue weighted by molar-refractivity contribution is -0.134. The molecule has 0 unspecified atom stereocenters. The Morgan fingerprint density at radius 2 is 2.12 bits per heavy atom. The van der Waals surface area contributed by atoms with E-state index in [1.54, 1.807) is 22.7 Å². The van der Waals surface area contributed by atoms with Crippen molar-refractivity contribution in [3.63, 3.8) is 0 Å². The summed E-state index contributed by atoms with van der Waals surface area (Å²) in [7, 11) is 0. The molecule has 1 aliphatic heterocycles. The van der Waals surface area contributed by atoms with Crippen molar-refractivity contribution in [1.82, 2.24) is 19.5 Å². The highest BCUT2D eigenvalue weighted by atomic mass is 19.1. The van der Waals surface area contributed by atoms with E-state index >= 15 is 0 Å². The van der Waals surface area contributed by atoms with Gasteiger partial charge in [-0.25, -0.2) is 13.9 Å². The van der Waals surface area contributed by atoms with Crippen molar-refractivity contribution in [2.75, 3.05) is 6.54 Å². The number of carbonyl (C=O) groups excluding carboxylic acids is 1. The Balaban J connectivity index is 1.60. The number of aryl methyl sites for hydroxylation is 1. The van der Waals surface area contributed by atoms with Gasteiger partial charge < -0.3 is 4.90 Å². The van der Waals surface area contributed by atoms with Gasteiger partial charge in [0.2, 0.25) is 5.91 Å². The van der Waals surface area contributed by atoms with Crippen molar-refractivity contribution in [2.45, 2.75) is 38.6 Å². The van der Waals surface area contributed by atoms with Gasteiger partial charge in [-0.3, -0.25) is 4.79 Å². The number of benzene rings is 1. The van der Waals surface area contributed by atoms with E-state index in [9.17, 15) is 9.18 Å². The molecule has 2 aromatic heterocycles. The van der Waals surface area contributed by atoms with Crippen LogP contribution in [0.3, 0.4) is 0 Å². The predicted octanol–water partition coefficient (Wildman–Crippen LogP) is 3.47. The summed E-state index contributed by atoms with van der Waals surface area (Å²) in [5.41, 5.74) is 3.01. The Kier molecular flexibility index (Phi) is 4.41. The van der Waals surface area contributed by atoms with Gasteiger partial charge in [0.1, 0.15) is 5.82 Å². The van der Waals surface area contributed by atoms with Gasteiger partial charge in [-0.2, -0.15) is 5.10 Å². The molecule has 1 fully saturated rings. The number of aromatic nitrogens is 3. The van der Waals surface area contributed by atoms with E-state index in [0.29, 0.717) is 12.1 Å². The standard InChI is InChI=1S/C20H21FN4O/c1-14-12-19-22-17(9-11-25(19)23-14)18-8-4-5-10-24(18)20(26)13-15-6-2-3-7-16(15)21/h2-3,6-7,9,11-12,18H,4-5,8,10,13H2,1H3/t18-/m0/s1. The molecule has 1 saturated heterocycles. The summed E-state index contributed by atoms with van der Waals surface area (Å²) in [4.78, 5) is 19.5. The van der Waals surface area contributed by atoms with Crippen molar-refractivity contribution in [1.29, 1.82) is 0 Å². The molecule has 5 nitrogen and oxygen atoms in total. The Hall–Kier alpha value is -2.76. The monoisotopic (exact) mass is 352 g/mol. The summed E-state index contributed by atoms with van der Waals surface area (Å²) in [5.74, 6) is -0.380. The molecular formula is C20H21FN4O. The maximum atomic E-state index is 13.9. The molecule has 1 amide bonds. The summed E-state index contributed by atoms with van der Waals surface area (Å²) in [6.45, 7) is 2.61. The number of rotatable bonds is 3. The van der Waals surface area contributed by atoms with Crippen LogP contribution in [-0.2, 0) is 11.2 Å². The van der Waals surface area contributed by atoms with Gasteiger partial charge in [-0.05, 0) is 43.9 Å². The van der Waals surface area contributed by atoms with E-state index in [2.05, 4.69) is 5.10 Å². The fourth-order valence-corrected chi connectivity index (χ4v) is 3.64. The van der Waals surface area contributed by atoms with Crippen LogP contribution < -0.4 is 0 Å². The van der Waals surface area contributed by atoms with Crippen LogP contribution in [0.5, 0.6) is 0 Å². The molecule has 4 rings (SSSR count). The number of fused-ring (bicyclic) bond motifs is 1. The number of hydrogen-bond acceptors (Lipinski definition) is 3. The van der Waals surface area contributed by atoms with Crippen LogP contribution in [0.1, 0.15) is 42.3 Å². The highest BCUT2D eigenvalue weighted by Crippen LogP contribution is 2.30. The number of amides is 1. The van der Waals surface area contributed by atoms with Gasteiger partial charge in [0.05, 0.1) is 23.9 Å². The molecule has 3 aromatic rings. The second-order valence-corrected chi connectivity index (χ2v) is 6.81. The molecule has 0 saturated carbocycles. The first kappa shape index (κ1) is 16.7. The van der Waals surface area contributed by atoms with Crippen LogP contribution in [0, 0.1) is 12.7 Å². The summed E-state index contributed by atoms with van der Waals surface area (Å²) < 4.78 is 15.7. The molecule has 0 bridgehead atoms. The largest absolute Gasteiger partial charge is 0.334 e. The number of piperidine rings is 1. The van der Waals surface area contributed by atoms with Crippen molar-refractivity contribution >= 4 is 11.6 Å². The third-order valence-electron chi connectivity index (χ3n) is 4.93. The predicted molar refractivity (Wildman–Crippen MR) is 96.1 cm³/mol. The SMILES string of the molecule is Cc1cc2nc([C@@H]3CCCCN3C(=O)Cc3ccccc3F)ccn2n1. The molecule has 1 atom stereocenters. The van der Waals surface area contributed by atoms with E-state index < -0.39 is 0 Å². The average molecular weight is 352 g/mol. The van der Waals surface area contributed by atoms with Crippen LogP contribution in [0.15, 0.2) is 42.6 Å². The van der Waals surface area contributed by atoms with E-state index in [4.69, 9.17) is 4.98 Å². The average Bonchev–Trinajstić information content (AvgIpc) is 3.02. The number of nitrogens with zero attached hydrogens (tertiary/aromatic N) is 4. The summed E-state index contributed by atoms with van der Waals surface area (Å²) in [5, 5.41) is 4.35. The Labute approximate surface area is 151 Å². The highest BCUT2D eigenvalue weighted by molar-refractivity contribution is 5.79. The quantitative estimate of drug-likeness (QED) is 0.725. The first-order valence-corrected chi connectivity index (χ1v) is 8.97. The van der Waals surface area contributed by atoms with E-state index in [-0.39, 0.29) is 24.2 Å². The summed E-state index contributed by atoms with van der Waals surface area (Å²) in [6, 6.07) is 10.3. The fraction of sp³-hybridized carbons (Fsp3) is 0.350. The lowest BCUT2D eigenvalue weighted by Crippen LogP contribution is -2.39. The van der Waals surface area contributed by atoms with E-state index in [1.807, 2.05) is 30.2 Å². The molecule has 1 aliphatic rings. The highest BCUT2D eigenvalue weighted by Gasteiger charge is 2.29. The van der Waals surface area contributed by atoms with E-state index in [0.717, 1.165) is 36.3 Å². The normalized spacial score (nSPS) is 17.6. The molecule has 3 heterocycles. The first-order chi connectivity index (χ1) is 12.6. The Bertz CT molecular complexity index is 952. The minimum atomic E-state index is -0.330. The number of hydrogen-bond donors (Lipinski definition) is 0. The molecule has 0 spiro atoms. The lowest BCUT2D eigenvalue weighted by atomic mass is 9.98. The minimum Gasteiger partial charge on any atom is -0.334 e. The number of carbonyl (C=O) groups is 1. The lowest BCUT2D eigenvalue weighted by Gasteiger charge is -2.35. The zero-order chi connectivity index (χ0) is 18.1. The minimum absolute atomic E-state index is 0.0499. The third-order valence-corrected chi connectivity index (χ3v) is 4.93. The number of halogens is 1. The topological polar surface area (TPSA) is 50.5 Å². The van der Waals surface area contributed by atoms with Crippen LogP contribution in [0.4, 0.5) is 4.39 Å². The second-order valence-electron chi connectivity index (χ2n) is 6.81. The molecule has 0 N–H and O–H groups in total. The molecule has 134 valence electrons. The number of likely N-dealkylation sites (tertiary alicyclic amines) is 1. The maximum Gasteiger partial charge on any atom is 0.227 e. The second kappa shape index (κ2) is 6.86. The van der Waals surface area contributed by atoms with Gasteiger partial charge in [-0.1, -0.05) is 18.2 Å². The van der Waals surface area contributed by atoms with Gasteiger partial charge in [0.25, 0.3) is 0 Å². The van der Waals surface area contributed by atoms with Crippen molar-refractivity contribution < 1.29 is 9.18 Å². The Morgan fingerprint density at radius 1 is 1.27 bits per heavy atom. The van der Waals surface area contributed by atoms with E-state index in [1.165, 1.54) is 6.07 Å². The van der Waals surface area contributed by atoms with Crippen molar-refractivity contribution in [3.05, 3.63) is 65.4 Å². The van der Waals surface area contributed by atoms with Crippen LogP contribution in [0.25, 0.3) is 5.65 Å². The van der Waals surface area contributed by atoms with Gasteiger partial charge in [0, 0.05) is 18.8 Å². The van der Waals surface area contributed by atoms with Gasteiger partial charge in [0.15, 0.2) is 5.65 Å². The molecular weight excluding hydrogens is 331 g/mol.